The molecule has 0 radical (unpaired) electrons. The van der Waals surface area contributed by atoms with Gasteiger partial charge in [0, 0.05) is 0 Å². The van der Waals surface area contributed by atoms with Gasteiger partial charge in [-0.2, -0.15) is 0 Å². The van der Waals surface area contributed by atoms with Gasteiger partial charge in [0.2, 0.25) is 0 Å². The summed E-state index contributed by atoms with van der Waals surface area (Å²) in [5.74, 6) is 3.33. The van der Waals surface area contributed by atoms with Gasteiger partial charge in [0.15, 0.2) is 0 Å². The minimum absolute atomic E-state index is 0.806. The van der Waals surface area contributed by atoms with Crippen molar-refractivity contribution in [1.82, 2.24) is 0 Å². The van der Waals surface area contributed by atoms with Crippen LogP contribution in [0.15, 0.2) is 11.6 Å². The Morgan fingerprint density at radius 3 is 2.33 bits per heavy atom. The van der Waals surface area contributed by atoms with Crippen LogP contribution < -0.4 is 0 Å². The molecule has 0 saturated heterocycles. The maximum absolute atomic E-state index is 2.50. The molecule has 3 atom stereocenters. The fourth-order valence-electron chi connectivity index (χ4n) is 2.10. The average Bonchev–Trinajstić information content (AvgIpc) is 1.99. The second-order valence-corrected chi connectivity index (χ2v) is 4.82. The maximum atomic E-state index is 2.50. The standard InChI is InChI=1S/C12H22/c1-8(2)12-6-9(3)11(5)10(4)7-12/h6,8,10-12H,7H2,1-5H3. The monoisotopic (exact) mass is 166 g/mol. The smallest absolute Gasteiger partial charge is 0.0205 e. The summed E-state index contributed by atoms with van der Waals surface area (Å²) in [6.45, 7) is 11.7. The molecule has 0 amide bonds. The zero-order valence-electron chi connectivity index (χ0n) is 9.09. The molecule has 0 heteroatoms. The Morgan fingerprint density at radius 2 is 1.92 bits per heavy atom. The van der Waals surface area contributed by atoms with E-state index < -0.39 is 0 Å². The highest BCUT2D eigenvalue weighted by atomic mass is 14.3. The lowest BCUT2D eigenvalue weighted by Crippen LogP contribution is -2.22. The summed E-state index contributed by atoms with van der Waals surface area (Å²) in [5, 5.41) is 0. The van der Waals surface area contributed by atoms with E-state index in [0.717, 1.165) is 23.7 Å². The van der Waals surface area contributed by atoms with Crippen LogP contribution in [0.3, 0.4) is 0 Å². The summed E-state index contributed by atoms with van der Waals surface area (Å²) < 4.78 is 0. The Labute approximate surface area is 77.1 Å². The molecule has 0 aliphatic heterocycles. The van der Waals surface area contributed by atoms with Crippen molar-refractivity contribution >= 4 is 0 Å². The average molecular weight is 166 g/mol. The Hall–Kier alpha value is -0.260. The Kier molecular flexibility index (Phi) is 2.98. The third-order valence-electron chi connectivity index (χ3n) is 3.55. The summed E-state index contributed by atoms with van der Waals surface area (Å²) in [5.41, 5.74) is 1.60. The Morgan fingerprint density at radius 1 is 1.33 bits per heavy atom. The molecule has 12 heavy (non-hydrogen) atoms. The van der Waals surface area contributed by atoms with Crippen molar-refractivity contribution in [2.24, 2.45) is 23.7 Å². The topological polar surface area (TPSA) is 0 Å². The Bertz CT molecular complexity index is 176. The van der Waals surface area contributed by atoms with Gasteiger partial charge >= 0.3 is 0 Å². The maximum Gasteiger partial charge on any atom is -0.0205 e. The van der Waals surface area contributed by atoms with E-state index >= 15 is 0 Å². The lowest BCUT2D eigenvalue weighted by Gasteiger charge is -2.32. The van der Waals surface area contributed by atoms with Crippen molar-refractivity contribution in [2.75, 3.05) is 0 Å². The third kappa shape index (κ3) is 1.91. The fraction of sp³-hybridized carbons (Fsp3) is 0.833. The van der Waals surface area contributed by atoms with Crippen LogP contribution in [0.2, 0.25) is 0 Å². The van der Waals surface area contributed by atoms with Crippen LogP contribution in [0.5, 0.6) is 0 Å². The van der Waals surface area contributed by atoms with Crippen molar-refractivity contribution in [2.45, 2.75) is 41.0 Å². The van der Waals surface area contributed by atoms with Crippen LogP contribution in [0, 0.1) is 23.7 Å². The molecule has 0 aromatic rings. The van der Waals surface area contributed by atoms with Crippen molar-refractivity contribution in [1.29, 1.82) is 0 Å². The van der Waals surface area contributed by atoms with E-state index in [4.69, 9.17) is 0 Å². The van der Waals surface area contributed by atoms with Gasteiger partial charge < -0.3 is 0 Å². The van der Waals surface area contributed by atoms with Gasteiger partial charge in [-0.05, 0) is 37.0 Å². The third-order valence-corrected chi connectivity index (χ3v) is 3.55. The summed E-state index contributed by atoms with van der Waals surface area (Å²) >= 11 is 0. The van der Waals surface area contributed by atoms with Crippen LogP contribution in [0.1, 0.15) is 41.0 Å². The molecule has 1 rings (SSSR count). The van der Waals surface area contributed by atoms with Gasteiger partial charge in [-0.15, -0.1) is 0 Å². The van der Waals surface area contributed by atoms with E-state index in [1.807, 2.05) is 0 Å². The molecule has 70 valence electrons. The number of allylic oxidation sites excluding steroid dienone is 2. The van der Waals surface area contributed by atoms with Crippen LogP contribution in [-0.4, -0.2) is 0 Å². The molecule has 0 spiro atoms. The molecule has 0 heterocycles. The minimum Gasteiger partial charge on any atom is -0.0819 e. The van der Waals surface area contributed by atoms with Gasteiger partial charge in [0.05, 0.1) is 0 Å². The zero-order valence-corrected chi connectivity index (χ0v) is 9.09. The molecular weight excluding hydrogens is 144 g/mol. The van der Waals surface area contributed by atoms with E-state index in [9.17, 15) is 0 Å². The van der Waals surface area contributed by atoms with Crippen molar-refractivity contribution in [3.63, 3.8) is 0 Å². The normalized spacial score (nSPS) is 36.8. The summed E-state index contributed by atoms with van der Waals surface area (Å²) in [4.78, 5) is 0. The molecule has 0 saturated carbocycles. The lowest BCUT2D eigenvalue weighted by atomic mass is 9.73. The second kappa shape index (κ2) is 3.64. The minimum atomic E-state index is 0.806. The molecule has 0 fully saturated rings. The van der Waals surface area contributed by atoms with E-state index in [1.54, 1.807) is 5.57 Å². The predicted molar refractivity (Wildman–Crippen MR) is 55.0 cm³/mol. The van der Waals surface area contributed by atoms with Gasteiger partial charge in [0.25, 0.3) is 0 Å². The van der Waals surface area contributed by atoms with Crippen molar-refractivity contribution < 1.29 is 0 Å². The fourth-order valence-corrected chi connectivity index (χ4v) is 2.10. The van der Waals surface area contributed by atoms with E-state index in [1.165, 1.54) is 6.42 Å². The summed E-state index contributed by atoms with van der Waals surface area (Å²) in [6, 6.07) is 0. The molecule has 0 aromatic carbocycles. The predicted octanol–water partition coefficient (Wildman–Crippen LogP) is 3.88. The van der Waals surface area contributed by atoms with Crippen LogP contribution in [-0.2, 0) is 0 Å². The first-order valence-corrected chi connectivity index (χ1v) is 5.20. The first-order valence-electron chi connectivity index (χ1n) is 5.20. The van der Waals surface area contributed by atoms with E-state index in [-0.39, 0.29) is 0 Å². The van der Waals surface area contributed by atoms with E-state index in [2.05, 4.69) is 40.7 Å². The summed E-state index contributed by atoms with van der Waals surface area (Å²) in [7, 11) is 0. The summed E-state index contributed by atoms with van der Waals surface area (Å²) in [6.07, 6.45) is 3.88. The van der Waals surface area contributed by atoms with Gasteiger partial charge in [-0.3, -0.25) is 0 Å². The quantitative estimate of drug-likeness (QED) is 0.519. The number of hydrogen-bond acceptors (Lipinski definition) is 0. The molecule has 1 aliphatic carbocycles. The molecular formula is C12H22. The van der Waals surface area contributed by atoms with Crippen LogP contribution in [0.25, 0.3) is 0 Å². The molecule has 0 nitrogen and oxygen atoms in total. The first-order chi connectivity index (χ1) is 5.52. The molecule has 1 aliphatic rings. The van der Waals surface area contributed by atoms with Crippen molar-refractivity contribution in [3.05, 3.63) is 11.6 Å². The van der Waals surface area contributed by atoms with Crippen LogP contribution in [0.4, 0.5) is 0 Å². The largest absolute Gasteiger partial charge is 0.0819 e. The number of rotatable bonds is 1. The van der Waals surface area contributed by atoms with Crippen LogP contribution >= 0.6 is 0 Å². The highest BCUT2D eigenvalue weighted by Crippen LogP contribution is 2.35. The first kappa shape index (κ1) is 9.83. The van der Waals surface area contributed by atoms with Gasteiger partial charge in [-0.1, -0.05) is 39.3 Å². The van der Waals surface area contributed by atoms with Gasteiger partial charge in [-0.25, -0.2) is 0 Å². The van der Waals surface area contributed by atoms with Gasteiger partial charge in [0.1, 0.15) is 0 Å². The zero-order chi connectivity index (χ0) is 9.30. The Balaban J connectivity index is 2.73. The molecule has 0 N–H and O–H groups in total. The molecule has 3 unspecified atom stereocenters. The highest BCUT2D eigenvalue weighted by molar-refractivity contribution is 5.10. The second-order valence-electron chi connectivity index (χ2n) is 4.82. The molecule has 0 aromatic heterocycles. The lowest BCUT2D eigenvalue weighted by molar-refractivity contribution is 0.289. The van der Waals surface area contributed by atoms with Crippen molar-refractivity contribution in [3.8, 4) is 0 Å². The number of hydrogen-bond donors (Lipinski definition) is 0. The van der Waals surface area contributed by atoms with E-state index in [0.29, 0.717) is 0 Å². The molecule has 0 bridgehead atoms. The SMILES string of the molecule is CC1=CC(C(C)C)CC(C)C1C. The highest BCUT2D eigenvalue weighted by Gasteiger charge is 2.24.